The van der Waals surface area contributed by atoms with Gasteiger partial charge in [0, 0.05) is 12.1 Å². The van der Waals surface area contributed by atoms with Crippen LogP contribution in [0, 0.1) is 11.8 Å². The zero-order chi connectivity index (χ0) is 15.6. The standard InChI is InChI=1S/C18H28N2O2/c1-13-4-5-14-8-9-19-18(13,11-14)20-12-15-10-16(21-2)6-7-17(15)22-3/h6-7,10,13-14,19-20H,4-5,8-9,11-12H2,1-3H3. The Morgan fingerprint density at radius 3 is 2.86 bits per heavy atom. The second-order valence-electron chi connectivity index (χ2n) is 6.77. The Balaban J connectivity index is 1.76. The van der Waals surface area contributed by atoms with Gasteiger partial charge in [0.05, 0.1) is 19.9 Å². The molecule has 122 valence electrons. The highest BCUT2D eigenvalue weighted by Crippen LogP contribution is 2.40. The van der Waals surface area contributed by atoms with Gasteiger partial charge in [0.25, 0.3) is 0 Å². The van der Waals surface area contributed by atoms with Crippen LogP contribution in [0.1, 0.15) is 38.2 Å². The molecule has 3 unspecified atom stereocenters. The number of benzene rings is 1. The van der Waals surface area contributed by atoms with Crippen molar-refractivity contribution < 1.29 is 9.47 Å². The summed E-state index contributed by atoms with van der Waals surface area (Å²) in [7, 11) is 3.43. The van der Waals surface area contributed by atoms with Crippen molar-refractivity contribution in [3.05, 3.63) is 23.8 Å². The van der Waals surface area contributed by atoms with Crippen LogP contribution in [0.25, 0.3) is 0 Å². The first kappa shape index (κ1) is 15.6. The fourth-order valence-electron chi connectivity index (χ4n) is 4.06. The monoisotopic (exact) mass is 304 g/mol. The first-order chi connectivity index (χ1) is 10.7. The fourth-order valence-corrected chi connectivity index (χ4v) is 4.06. The largest absolute Gasteiger partial charge is 0.497 e. The molecule has 1 aliphatic heterocycles. The number of nitrogens with one attached hydrogen (secondary N) is 2. The lowest BCUT2D eigenvalue weighted by Gasteiger charge is -2.51. The van der Waals surface area contributed by atoms with Crippen LogP contribution in [0.15, 0.2) is 18.2 Å². The summed E-state index contributed by atoms with van der Waals surface area (Å²) in [6, 6.07) is 5.99. The van der Waals surface area contributed by atoms with Gasteiger partial charge in [-0.15, -0.1) is 0 Å². The van der Waals surface area contributed by atoms with Gasteiger partial charge < -0.3 is 9.47 Å². The summed E-state index contributed by atoms with van der Waals surface area (Å²) in [5.41, 5.74) is 1.23. The highest BCUT2D eigenvalue weighted by molar-refractivity contribution is 5.40. The van der Waals surface area contributed by atoms with Crippen molar-refractivity contribution in [1.29, 1.82) is 0 Å². The van der Waals surface area contributed by atoms with Crippen molar-refractivity contribution in [2.75, 3.05) is 20.8 Å². The number of hydrogen-bond donors (Lipinski definition) is 2. The highest BCUT2D eigenvalue weighted by atomic mass is 16.5. The number of hydrogen-bond acceptors (Lipinski definition) is 4. The minimum atomic E-state index is 0.0786. The molecule has 2 bridgehead atoms. The first-order valence-corrected chi connectivity index (χ1v) is 8.38. The molecular weight excluding hydrogens is 276 g/mol. The molecule has 1 saturated carbocycles. The average molecular weight is 304 g/mol. The number of fused-ring (bicyclic) bond motifs is 2. The predicted molar refractivity (Wildman–Crippen MR) is 88.2 cm³/mol. The summed E-state index contributed by atoms with van der Waals surface area (Å²) in [6.45, 7) is 4.28. The predicted octanol–water partition coefficient (Wildman–Crippen LogP) is 2.92. The van der Waals surface area contributed by atoms with Crippen molar-refractivity contribution in [2.24, 2.45) is 11.8 Å². The van der Waals surface area contributed by atoms with Crippen molar-refractivity contribution in [3.8, 4) is 11.5 Å². The number of rotatable bonds is 5. The van der Waals surface area contributed by atoms with Crippen LogP contribution in [0.2, 0.25) is 0 Å². The van der Waals surface area contributed by atoms with Crippen LogP contribution in [0.4, 0.5) is 0 Å². The Hall–Kier alpha value is -1.26. The van der Waals surface area contributed by atoms with Crippen LogP contribution in [-0.2, 0) is 6.54 Å². The number of methoxy groups -OCH3 is 2. The van der Waals surface area contributed by atoms with Crippen molar-refractivity contribution in [3.63, 3.8) is 0 Å². The van der Waals surface area contributed by atoms with Crippen LogP contribution >= 0.6 is 0 Å². The van der Waals surface area contributed by atoms with Gasteiger partial charge in [0.15, 0.2) is 0 Å². The average Bonchev–Trinajstić information content (AvgIpc) is 2.57. The molecule has 4 heteroatoms. The topological polar surface area (TPSA) is 42.5 Å². The third-order valence-corrected chi connectivity index (χ3v) is 5.53. The molecule has 22 heavy (non-hydrogen) atoms. The van der Waals surface area contributed by atoms with Crippen LogP contribution in [-0.4, -0.2) is 26.4 Å². The lowest BCUT2D eigenvalue weighted by molar-refractivity contribution is 0.0434. The molecule has 1 heterocycles. The Kier molecular flexibility index (Phi) is 4.59. The third-order valence-electron chi connectivity index (χ3n) is 5.53. The van der Waals surface area contributed by atoms with Crippen molar-refractivity contribution in [1.82, 2.24) is 10.6 Å². The summed E-state index contributed by atoms with van der Waals surface area (Å²) in [5, 5.41) is 7.58. The van der Waals surface area contributed by atoms with Gasteiger partial charge in [-0.25, -0.2) is 0 Å². The summed E-state index contributed by atoms with van der Waals surface area (Å²) < 4.78 is 10.8. The van der Waals surface area contributed by atoms with Gasteiger partial charge >= 0.3 is 0 Å². The third kappa shape index (κ3) is 2.95. The maximum absolute atomic E-state index is 5.50. The van der Waals surface area contributed by atoms with Gasteiger partial charge in [-0.2, -0.15) is 0 Å². The fraction of sp³-hybridized carbons (Fsp3) is 0.667. The van der Waals surface area contributed by atoms with Crippen LogP contribution in [0.5, 0.6) is 11.5 Å². The maximum Gasteiger partial charge on any atom is 0.123 e. The second-order valence-corrected chi connectivity index (χ2v) is 6.77. The molecule has 1 aromatic carbocycles. The quantitative estimate of drug-likeness (QED) is 0.878. The smallest absolute Gasteiger partial charge is 0.123 e. The Morgan fingerprint density at radius 2 is 2.09 bits per heavy atom. The van der Waals surface area contributed by atoms with E-state index in [0.717, 1.165) is 36.1 Å². The molecule has 1 saturated heterocycles. The van der Waals surface area contributed by atoms with E-state index in [-0.39, 0.29) is 5.66 Å². The molecule has 0 aromatic heterocycles. The maximum atomic E-state index is 5.50. The summed E-state index contributed by atoms with van der Waals surface area (Å²) >= 11 is 0. The summed E-state index contributed by atoms with van der Waals surface area (Å²) in [4.78, 5) is 0. The molecule has 1 aliphatic carbocycles. The van der Waals surface area contributed by atoms with E-state index >= 15 is 0 Å². The first-order valence-electron chi connectivity index (χ1n) is 8.38. The zero-order valence-electron chi connectivity index (χ0n) is 13.9. The van der Waals surface area contributed by atoms with Crippen LogP contribution < -0.4 is 20.1 Å². The van der Waals surface area contributed by atoms with E-state index in [1.54, 1.807) is 14.2 Å². The summed E-state index contributed by atoms with van der Waals surface area (Å²) in [6.07, 6.45) is 5.24. The van der Waals surface area contributed by atoms with E-state index in [1.807, 2.05) is 12.1 Å². The zero-order valence-corrected chi connectivity index (χ0v) is 13.9. The highest BCUT2D eigenvalue weighted by Gasteiger charge is 2.43. The second kappa shape index (κ2) is 6.47. The lowest BCUT2D eigenvalue weighted by atomic mass is 9.71. The van der Waals surface area contributed by atoms with E-state index in [4.69, 9.17) is 9.47 Å². The van der Waals surface area contributed by atoms with E-state index in [2.05, 4.69) is 23.6 Å². The number of piperidine rings is 1. The molecule has 3 atom stereocenters. The molecule has 4 nitrogen and oxygen atoms in total. The van der Waals surface area contributed by atoms with Crippen molar-refractivity contribution in [2.45, 2.75) is 44.8 Å². The Bertz CT molecular complexity index is 520. The molecule has 2 fully saturated rings. The molecule has 0 spiro atoms. The normalized spacial score (nSPS) is 30.9. The van der Waals surface area contributed by atoms with Crippen molar-refractivity contribution >= 4 is 0 Å². The van der Waals surface area contributed by atoms with Gasteiger partial charge in [-0.1, -0.05) is 6.92 Å². The van der Waals surface area contributed by atoms with E-state index in [9.17, 15) is 0 Å². The van der Waals surface area contributed by atoms with E-state index in [0.29, 0.717) is 5.92 Å². The summed E-state index contributed by atoms with van der Waals surface area (Å²) in [5.74, 6) is 3.32. The van der Waals surface area contributed by atoms with Gasteiger partial charge in [-0.3, -0.25) is 10.6 Å². The van der Waals surface area contributed by atoms with E-state index < -0.39 is 0 Å². The Labute approximate surface area is 133 Å². The molecule has 0 radical (unpaired) electrons. The van der Waals surface area contributed by atoms with Gasteiger partial charge in [0.1, 0.15) is 11.5 Å². The molecule has 2 aliphatic rings. The Morgan fingerprint density at radius 1 is 1.23 bits per heavy atom. The molecule has 2 N–H and O–H groups in total. The van der Waals surface area contributed by atoms with Gasteiger partial charge in [0.2, 0.25) is 0 Å². The molecule has 0 amide bonds. The molecule has 1 aromatic rings. The molecular formula is C18H28N2O2. The minimum Gasteiger partial charge on any atom is -0.497 e. The van der Waals surface area contributed by atoms with Gasteiger partial charge in [-0.05, 0) is 62.3 Å². The number of ether oxygens (including phenoxy) is 2. The van der Waals surface area contributed by atoms with E-state index in [1.165, 1.54) is 25.7 Å². The lowest BCUT2D eigenvalue weighted by Crippen LogP contribution is -2.65. The molecule has 3 rings (SSSR count). The SMILES string of the molecule is COc1ccc(OC)c(CNC23CC(CCN2)CCC3C)c1. The van der Waals surface area contributed by atoms with Crippen LogP contribution in [0.3, 0.4) is 0 Å². The minimum absolute atomic E-state index is 0.0786.